The van der Waals surface area contributed by atoms with E-state index in [1.54, 1.807) is 0 Å². The number of nitrogens with two attached hydrogens (primary N) is 1. The molecule has 0 aliphatic rings. The number of aliphatic carboxylic acids is 1. The van der Waals surface area contributed by atoms with Gasteiger partial charge in [-0.15, -0.1) is 0 Å². The second-order valence-corrected chi connectivity index (χ2v) is 8.03. The molecule has 1 unspecified atom stereocenters. The molecule has 0 aliphatic heterocycles. The summed E-state index contributed by atoms with van der Waals surface area (Å²) in [5, 5.41) is 8.55. The predicted octanol–water partition coefficient (Wildman–Crippen LogP) is -0.257. The van der Waals surface area contributed by atoms with E-state index in [0.717, 1.165) is 12.8 Å². The van der Waals surface area contributed by atoms with Gasteiger partial charge >= 0.3 is 77.0 Å². The first kappa shape index (κ1) is 36.1. The van der Waals surface area contributed by atoms with E-state index in [2.05, 4.69) is 11.7 Å². The molecule has 0 spiro atoms. The zero-order valence-electron chi connectivity index (χ0n) is 22.5. The Bertz CT molecular complexity index is 461. The van der Waals surface area contributed by atoms with Gasteiger partial charge in [-0.05, 0) is 12.8 Å². The zero-order valence-corrected chi connectivity index (χ0v) is 24.5. The number of carboxylic acid groups (broad SMARTS) is 1. The molecule has 0 saturated carbocycles. The third kappa shape index (κ3) is 26.7. The van der Waals surface area contributed by atoms with Gasteiger partial charge in [0, 0.05) is 12.8 Å². The van der Waals surface area contributed by atoms with Crippen molar-refractivity contribution in [2.24, 2.45) is 5.73 Å². The number of unbranched alkanes of at least 4 members (excludes halogenated alkanes) is 14. The zero-order chi connectivity index (χ0) is 21.7. The smallest absolute Gasteiger partial charge is 1.00 e. The van der Waals surface area contributed by atoms with Gasteiger partial charge in [-0.25, -0.2) is 4.79 Å². The molecule has 0 aromatic carbocycles. The standard InChI is InChI=1S/C23H43NO5.2Na.2H/c1-2-3-4-5-6-7-8-9-10-11-12-13-14-15-16-17-22(27)29-23(28)20(24)18-19-21(25)26;;;;/h20H,2-19,24H2,1H3,(H,25,26);;;;/q;2*+1;2*-1. The summed E-state index contributed by atoms with van der Waals surface area (Å²) in [6.07, 6.45) is 18.7. The van der Waals surface area contributed by atoms with Crippen molar-refractivity contribution in [2.45, 2.75) is 129 Å². The van der Waals surface area contributed by atoms with Gasteiger partial charge < -0.3 is 18.4 Å². The van der Waals surface area contributed by atoms with Gasteiger partial charge in [0.25, 0.3) is 0 Å². The van der Waals surface area contributed by atoms with Gasteiger partial charge in [-0.2, -0.15) is 0 Å². The van der Waals surface area contributed by atoms with Crippen molar-refractivity contribution in [3.8, 4) is 0 Å². The molecule has 0 amide bonds. The minimum absolute atomic E-state index is 0. The summed E-state index contributed by atoms with van der Waals surface area (Å²) in [4.78, 5) is 33.6. The maximum atomic E-state index is 11.6. The second kappa shape index (κ2) is 26.8. The normalized spacial score (nSPS) is 11.2. The Labute approximate surface area is 236 Å². The number of carboxylic acids is 1. The summed E-state index contributed by atoms with van der Waals surface area (Å²) in [6.45, 7) is 2.25. The summed E-state index contributed by atoms with van der Waals surface area (Å²) in [5.41, 5.74) is 5.51. The van der Waals surface area contributed by atoms with Crippen LogP contribution in [0.2, 0.25) is 0 Å². The van der Waals surface area contributed by atoms with Crippen molar-refractivity contribution in [2.75, 3.05) is 0 Å². The van der Waals surface area contributed by atoms with Gasteiger partial charge in [0.1, 0.15) is 6.04 Å². The summed E-state index contributed by atoms with van der Waals surface area (Å²) in [6, 6.07) is -1.06. The quantitative estimate of drug-likeness (QED) is 0.112. The molecule has 3 N–H and O–H groups in total. The van der Waals surface area contributed by atoms with Crippen LogP contribution in [0.25, 0.3) is 0 Å². The third-order valence-corrected chi connectivity index (χ3v) is 5.17. The molecule has 0 aliphatic carbocycles. The van der Waals surface area contributed by atoms with E-state index in [1.807, 2.05) is 0 Å². The molecule has 1 atom stereocenters. The average molecular weight is 462 g/mol. The summed E-state index contributed by atoms with van der Waals surface area (Å²) < 4.78 is 4.67. The molecule has 8 heteroatoms. The fourth-order valence-electron chi connectivity index (χ4n) is 3.28. The summed E-state index contributed by atoms with van der Waals surface area (Å²) >= 11 is 0. The fourth-order valence-corrected chi connectivity index (χ4v) is 3.28. The van der Waals surface area contributed by atoms with Crippen LogP contribution >= 0.6 is 0 Å². The van der Waals surface area contributed by atoms with Crippen LogP contribution in [-0.2, 0) is 19.1 Å². The van der Waals surface area contributed by atoms with Crippen LogP contribution in [0.15, 0.2) is 0 Å². The molecular weight excluding hydrogens is 416 g/mol. The Morgan fingerprint density at radius 2 is 1.13 bits per heavy atom. The maximum absolute atomic E-state index is 11.6. The van der Waals surface area contributed by atoms with Crippen molar-refractivity contribution in [3.63, 3.8) is 0 Å². The third-order valence-electron chi connectivity index (χ3n) is 5.17. The molecular formula is C23H45NNa2O5. The van der Waals surface area contributed by atoms with E-state index in [9.17, 15) is 14.4 Å². The van der Waals surface area contributed by atoms with E-state index in [-0.39, 0.29) is 81.2 Å². The van der Waals surface area contributed by atoms with Crippen LogP contribution in [0.4, 0.5) is 0 Å². The van der Waals surface area contributed by atoms with E-state index in [4.69, 9.17) is 10.8 Å². The average Bonchev–Trinajstić information content (AvgIpc) is 2.68. The Kier molecular flexibility index (Phi) is 31.3. The van der Waals surface area contributed by atoms with Crippen molar-refractivity contribution in [1.29, 1.82) is 0 Å². The van der Waals surface area contributed by atoms with Crippen LogP contribution in [0.3, 0.4) is 0 Å². The van der Waals surface area contributed by atoms with Gasteiger partial charge in [-0.3, -0.25) is 9.59 Å². The second-order valence-electron chi connectivity index (χ2n) is 8.03. The number of hydrogen-bond donors (Lipinski definition) is 2. The van der Waals surface area contributed by atoms with Gasteiger partial charge in [0.15, 0.2) is 0 Å². The largest absolute Gasteiger partial charge is 1.00 e. The van der Waals surface area contributed by atoms with Crippen LogP contribution in [0, 0.1) is 0 Å². The maximum Gasteiger partial charge on any atom is 1.00 e. The van der Waals surface area contributed by atoms with Gasteiger partial charge in [0.2, 0.25) is 0 Å². The monoisotopic (exact) mass is 461 g/mol. The van der Waals surface area contributed by atoms with Crippen LogP contribution in [0.5, 0.6) is 0 Å². The van der Waals surface area contributed by atoms with Crippen molar-refractivity contribution in [1.82, 2.24) is 0 Å². The Morgan fingerprint density at radius 3 is 1.52 bits per heavy atom. The SMILES string of the molecule is CCCCCCCCCCCCCCCCCC(=O)OC(=O)C(N)CCC(=O)O.[H-].[H-].[Na+].[Na+]. The molecule has 6 nitrogen and oxygen atoms in total. The molecule has 0 heterocycles. The number of carbonyl (C=O) groups excluding carboxylic acids is 2. The molecule has 0 aromatic heterocycles. The van der Waals surface area contributed by atoms with E-state index < -0.39 is 23.9 Å². The van der Waals surface area contributed by atoms with Gasteiger partial charge in [0.05, 0.1) is 0 Å². The number of rotatable bonds is 20. The number of carbonyl (C=O) groups is 3. The molecule has 31 heavy (non-hydrogen) atoms. The minimum atomic E-state index is -1.06. The molecule has 0 radical (unpaired) electrons. The summed E-state index contributed by atoms with van der Waals surface area (Å²) in [7, 11) is 0. The fraction of sp³-hybridized carbons (Fsp3) is 0.870. The van der Waals surface area contributed by atoms with Crippen molar-refractivity contribution >= 4 is 17.9 Å². The van der Waals surface area contributed by atoms with E-state index in [1.165, 1.54) is 77.0 Å². The minimum Gasteiger partial charge on any atom is -1.00 e. The summed E-state index contributed by atoms with van der Waals surface area (Å²) in [5.74, 6) is -2.44. The predicted molar refractivity (Wildman–Crippen MR) is 118 cm³/mol. The molecule has 0 rings (SSSR count). The van der Waals surface area contributed by atoms with Crippen molar-refractivity contribution in [3.05, 3.63) is 0 Å². The van der Waals surface area contributed by atoms with Crippen LogP contribution in [0.1, 0.15) is 125 Å². The topological polar surface area (TPSA) is 107 Å². The van der Waals surface area contributed by atoms with E-state index >= 15 is 0 Å². The number of esters is 2. The molecule has 0 aromatic rings. The number of hydrogen-bond acceptors (Lipinski definition) is 5. The Balaban J connectivity index is -0.000000653. The first-order chi connectivity index (χ1) is 14.0. The first-order valence-electron chi connectivity index (χ1n) is 11.7. The molecule has 0 saturated heterocycles. The van der Waals surface area contributed by atoms with Crippen molar-refractivity contribution < 1.29 is 86.2 Å². The Morgan fingerprint density at radius 1 is 0.742 bits per heavy atom. The van der Waals surface area contributed by atoms with Crippen LogP contribution in [-0.4, -0.2) is 29.1 Å². The first-order valence-corrected chi connectivity index (χ1v) is 11.7. The van der Waals surface area contributed by atoms with Crippen LogP contribution < -0.4 is 64.8 Å². The van der Waals surface area contributed by atoms with Gasteiger partial charge in [-0.1, -0.05) is 96.8 Å². The molecule has 0 bridgehead atoms. The Hall–Kier alpha value is 0.570. The molecule has 174 valence electrons. The molecule has 0 fully saturated rings. The van der Waals surface area contributed by atoms with E-state index in [0.29, 0.717) is 6.42 Å². The number of ether oxygens (including phenoxy) is 1.